The number of nitriles is 1. The SMILES string of the molecule is [C-]#[N+]c1ccc([C@H](O)CN2CCN(c3ccc(Cl)cc3C#N)[C@H](c3ccc(Cl)cc3)C2)cc1. The van der Waals surface area contributed by atoms with Crippen LogP contribution in [0.1, 0.15) is 28.8 Å². The maximum absolute atomic E-state index is 10.8. The highest BCUT2D eigenvalue weighted by molar-refractivity contribution is 6.31. The van der Waals surface area contributed by atoms with Crippen molar-refractivity contribution in [3.05, 3.63) is 105 Å². The molecule has 3 aromatic carbocycles. The predicted octanol–water partition coefficient (Wildman–Crippen LogP) is 6.01. The summed E-state index contributed by atoms with van der Waals surface area (Å²) in [5, 5.41) is 21.7. The number of aliphatic hydroxyl groups is 1. The molecule has 0 amide bonds. The topological polar surface area (TPSA) is 54.9 Å². The van der Waals surface area contributed by atoms with Crippen LogP contribution in [0.15, 0.2) is 66.7 Å². The van der Waals surface area contributed by atoms with Gasteiger partial charge in [-0.05, 0) is 41.5 Å². The standard InChI is InChI=1S/C26H22Cl2N4O/c1-30-23-9-4-19(5-10-23)26(33)17-31-12-13-32(24-11-8-22(28)14-20(24)15-29)25(16-31)18-2-6-21(27)7-3-18/h2-11,14,25-26,33H,12-13,16-17H2/t25-,26+/m0/s1. The highest BCUT2D eigenvalue weighted by Crippen LogP contribution is 2.35. The molecule has 1 heterocycles. The quantitative estimate of drug-likeness (QED) is 0.457. The van der Waals surface area contributed by atoms with Crippen molar-refractivity contribution >= 4 is 34.6 Å². The van der Waals surface area contributed by atoms with Crippen molar-refractivity contribution in [3.63, 3.8) is 0 Å². The zero-order valence-corrected chi connectivity index (χ0v) is 19.3. The second-order valence-electron chi connectivity index (χ2n) is 8.01. The van der Waals surface area contributed by atoms with Crippen LogP contribution < -0.4 is 4.90 Å². The van der Waals surface area contributed by atoms with Crippen molar-refractivity contribution in [2.24, 2.45) is 0 Å². The molecule has 4 rings (SSSR count). The van der Waals surface area contributed by atoms with Gasteiger partial charge in [-0.2, -0.15) is 5.26 Å². The first kappa shape index (κ1) is 23.1. The summed E-state index contributed by atoms with van der Waals surface area (Å²) >= 11 is 12.2. The van der Waals surface area contributed by atoms with Gasteiger partial charge < -0.3 is 10.0 Å². The van der Waals surface area contributed by atoms with Crippen LogP contribution in [0.4, 0.5) is 11.4 Å². The third-order valence-corrected chi connectivity index (χ3v) is 6.43. The lowest BCUT2D eigenvalue weighted by molar-refractivity contribution is 0.100. The van der Waals surface area contributed by atoms with E-state index in [1.54, 1.807) is 36.4 Å². The molecule has 3 aromatic rings. The highest BCUT2D eigenvalue weighted by atomic mass is 35.5. The monoisotopic (exact) mass is 476 g/mol. The number of hydrogen-bond acceptors (Lipinski definition) is 4. The fraction of sp³-hybridized carbons (Fsp3) is 0.231. The highest BCUT2D eigenvalue weighted by Gasteiger charge is 2.31. The molecule has 0 aromatic heterocycles. The number of benzene rings is 3. The van der Waals surface area contributed by atoms with Crippen molar-refractivity contribution in [2.75, 3.05) is 31.1 Å². The van der Waals surface area contributed by atoms with Crippen LogP contribution in [0.2, 0.25) is 10.0 Å². The molecule has 7 heteroatoms. The molecule has 0 unspecified atom stereocenters. The van der Waals surface area contributed by atoms with Crippen LogP contribution in [-0.4, -0.2) is 36.2 Å². The lowest BCUT2D eigenvalue weighted by atomic mass is 9.99. The molecular formula is C26H22Cl2N4O. The summed E-state index contributed by atoms with van der Waals surface area (Å²) in [5.41, 5.74) is 3.81. The number of halogens is 2. The van der Waals surface area contributed by atoms with Gasteiger partial charge in [0.2, 0.25) is 0 Å². The van der Waals surface area contributed by atoms with Gasteiger partial charge in [0.25, 0.3) is 0 Å². The van der Waals surface area contributed by atoms with E-state index < -0.39 is 6.10 Å². The number of aliphatic hydroxyl groups excluding tert-OH is 1. The first-order chi connectivity index (χ1) is 16.0. The normalized spacial score (nSPS) is 17.2. The molecule has 1 N–H and O–H groups in total. The summed E-state index contributed by atoms with van der Waals surface area (Å²) < 4.78 is 0. The Kier molecular flexibility index (Phi) is 7.18. The second kappa shape index (κ2) is 10.3. The van der Waals surface area contributed by atoms with Crippen LogP contribution in [-0.2, 0) is 0 Å². The Morgan fingerprint density at radius 1 is 1.03 bits per heavy atom. The fourth-order valence-corrected chi connectivity index (χ4v) is 4.53. The number of anilines is 1. The van der Waals surface area contributed by atoms with E-state index in [9.17, 15) is 10.4 Å². The minimum Gasteiger partial charge on any atom is -0.387 e. The van der Waals surface area contributed by atoms with E-state index in [4.69, 9.17) is 29.8 Å². The lowest BCUT2D eigenvalue weighted by Crippen LogP contribution is -2.49. The maximum atomic E-state index is 10.8. The van der Waals surface area contributed by atoms with E-state index in [1.807, 2.05) is 30.3 Å². The van der Waals surface area contributed by atoms with Gasteiger partial charge in [-0.25, -0.2) is 4.85 Å². The van der Waals surface area contributed by atoms with E-state index in [1.165, 1.54) is 0 Å². The summed E-state index contributed by atoms with van der Waals surface area (Å²) in [4.78, 5) is 7.86. The van der Waals surface area contributed by atoms with Crippen molar-refractivity contribution in [1.29, 1.82) is 5.26 Å². The molecule has 1 fully saturated rings. The Hall–Kier alpha value is -3.06. The number of nitrogens with zero attached hydrogens (tertiary/aromatic N) is 4. The summed E-state index contributed by atoms with van der Waals surface area (Å²) in [6.45, 7) is 9.65. The molecule has 1 saturated heterocycles. The number of β-amino-alcohol motifs (C(OH)–C–C–N with tert-alkyl or cyclic N) is 1. The van der Waals surface area contributed by atoms with Crippen LogP contribution >= 0.6 is 23.2 Å². The molecule has 2 atom stereocenters. The Labute approximate surface area is 203 Å². The molecule has 0 saturated carbocycles. The molecule has 0 aliphatic carbocycles. The zero-order valence-electron chi connectivity index (χ0n) is 17.8. The van der Waals surface area contributed by atoms with E-state index in [2.05, 4.69) is 20.7 Å². The lowest BCUT2D eigenvalue weighted by Gasteiger charge is -2.44. The Bertz CT molecular complexity index is 1200. The second-order valence-corrected chi connectivity index (χ2v) is 8.89. The van der Waals surface area contributed by atoms with E-state index >= 15 is 0 Å². The first-order valence-corrected chi connectivity index (χ1v) is 11.3. The Morgan fingerprint density at radius 3 is 2.39 bits per heavy atom. The number of piperazine rings is 1. The first-order valence-electron chi connectivity index (χ1n) is 10.6. The molecule has 0 radical (unpaired) electrons. The smallest absolute Gasteiger partial charge is 0.187 e. The van der Waals surface area contributed by atoms with Gasteiger partial charge in [0.05, 0.1) is 30.0 Å². The van der Waals surface area contributed by atoms with Gasteiger partial charge in [0, 0.05) is 36.2 Å². The van der Waals surface area contributed by atoms with Crippen LogP contribution in [0.3, 0.4) is 0 Å². The number of rotatable bonds is 5. The summed E-state index contributed by atoms with van der Waals surface area (Å²) in [6.07, 6.45) is -0.660. The van der Waals surface area contributed by atoms with E-state index in [0.29, 0.717) is 40.9 Å². The molecule has 5 nitrogen and oxygen atoms in total. The van der Waals surface area contributed by atoms with Gasteiger partial charge in [0.15, 0.2) is 5.69 Å². The average molecular weight is 477 g/mol. The van der Waals surface area contributed by atoms with E-state index in [-0.39, 0.29) is 6.04 Å². The Balaban J connectivity index is 1.59. The third kappa shape index (κ3) is 5.30. The molecular weight excluding hydrogens is 455 g/mol. The summed E-state index contributed by atoms with van der Waals surface area (Å²) in [7, 11) is 0. The Morgan fingerprint density at radius 2 is 1.73 bits per heavy atom. The largest absolute Gasteiger partial charge is 0.387 e. The maximum Gasteiger partial charge on any atom is 0.187 e. The van der Waals surface area contributed by atoms with Crippen molar-refractivity contribution in [1.82, 2.24) is 4.90 Å². The van der Waals surface area contributed by atoms with Crippen LogP contribution in [0.25, 0.3) is 4.85 Å². The van der Waals surface area contributed by atoms with Gasteiger partial charge in [-0.3, -0.25) is 4.90 Å². The molecule has 1 aliphatic heterocycles. The van der Waals surface area contributed by atoms with Crippen molar-refractivity contribution < 1.29 is 5.11 Å². The van der Waals surface area contributed by atoms with Gasteiger partial charge in [0.1, 0.15) is 6.07 Å². The molecule has 166 valence electrons. The molecule has 1 aliphatic rings. The van der Waals surface area contributed by atoms with Gasteiger partial charge in [-0.1, -0.05) is 59.6 Å². The zero-order chi connectivity index (χ0) is 23.4. The van der Waals surface area contributed by atoms with Gasteiger partial charge in [-0.15, -0.1) is 0 Å². The van der Waals surface area contributed by atoms with Crippen molar-refractivity contribution in [3.8, 4) is 6.07 Å². The predicted molar refractivity (Wildman–Crippen MR) is 132 cm³/mol. The minimum absolute atomic E-state index is 0.0269. The third-order valence-electron chi connectivity index (χ3n) is 5.95. The van der Waals surface area contributed by atoms with Gasteiger partial charge >= 0.3 is 0 Å². The van der Waals surface area contributed by atoms with Crippen molar-refractivity contribution in [2.45, 2.75) is 12.1 Å². The summed E-state index contributed by atoms with van der Waals surface area (Å²) in [5.74, 6) is 0. The minimum atomic E-state index is -0.660. The fourth-order valence-electron chi connectivity index (χ4n) is 4.23. The average Bonchev–Trinajstić information content (AvgIpc) is 2.84. The van der Waals surface area contributed by atoms with Crippen LogP contribution in [0.5, 0.6) is 0 Å². The molecule has 0 spiro atoms. The summed E-state index contributed by atoms with van der Waals surface area (Å²) in [6, 6.07) is 22.4. The molecule has 33 heavy (non-hydrogen) atoms. The number of hydrogen-bond donors (Lipinski definition) is 1. The van der Waals surface area contributed by atoms with Crippen LogP contribution in [0, 0.1) is 17.9 Å². The van der Waals surface area contributed by atoms with E-state index in [0.717, 1.165) is 23.4 Å². The molecule has 0 bridgehead atoms.